The maximum atomic E-state index is 6.26. The molecule has 0 amide bonds. The van der Waals surface area contributed by atoms with Gasteiger partial charge < -0.3 is 4.74 Å². The zero-order chi connectivity index (χ0) is 15.8. The highest BCUT2D eigenvalue weighted by Gasteiger charge is 2.15. The number of hydrogen-bond donors (Lipinski definition) is 0. The molecule has 0 saturated carbocycles. The molecule has 0 N–H and O–H groups in total. The van der Waals surface area contributed by atoms with Gasteiger partial charge in [0.2, 0.25) is 5.28 Å². The number of nitrogens with zero attached hydrogens (tertiary/aromatic N) is 4. The molecule has 0 aliphatic heterocycles. The van der Waals surface area contributed by atoms with E-state index >= 15 is 0 Å². The van der Waals surface area contributed by atoms with Crippen LogP contribution in [-0.2, 0) is 0 Å². The first-order valence-electron chi connectivity index (χ1n) is 7.31. The predicted octanol–water partition coefficient (Wildman–Crippen LogP) is 4.00. The Kier molecular flexibility index (Phi) is 3.35. The highest BCUT2D eigenvalue weighted by atomic mass is 35.5. The predicted molar refractivity (Wildman–Crippen MR) is 89.9 cm³/mol. The first-order valence-corrected chi connectivity index (χ1v) is 7.69. The lowest BCUT2D eigenvalue weighted by Crippen LogP contribution is -1.96. The van der Waals surface area contributed by atoms with Gasteiger partial charge in [0, 0.05) is 5.39 Å². The van der Waals surface area contributed by atoms with E-state index in [0.29, 0.717) is 18.1 Å². The third-order valence-corrected chi connectivity index (χ3v) is 3.81. The molecule has 0 spiro atoms. The van der Waals surface area contributed by atoms with E-state index in [1.54, 1.807) is 4.52 Å². The topological polar surface area (TPSA) is 52.3 Å². The van der Waals surface area contributed by atoms with E-state index in [0.717, 1.165) is 22.2 Å². The van der Waals surface area contributed by atoms with Crippen LogP contribution in [0.1, 0.15) is 6.92 Å². The standard InChI is InChI=1S/C17H13ClN4O/c1-2-23-14-10-6-4-8-12(14)15-20-16-11-7-3-5-9-13(11)19-17(18)22(16)21-15/h3-10H,2H2,1H3. The van der Waals surface area contributed by atoms with Crippen LogP contribution in [0.3, 0.4) is 0 Å². The number of benzene rings is 2. The van der Waals surface area contributed by atoms with Gasteiger partial charge in [0.15, 0.2) is 11.5 Å². The first-order chi connectivity index (χ1) is 11.3. The third-order valence-electron chi connectivity index (χ3n) is 3.57. The number of rotatable bonds is 3. The Balaban J connectivity index is 2.00. The Morgan fingerprint density at radius 2 is 1.83 bits per heavy atom. The summed E-state index contributed by atoms with van der Waals surface area (Å²) in [5, 5.41) is 5.70. The maximum absolute atomic E-state index is 6.26. The maximum Gasteiger partial charge on any atom is 0.226 e. The van der Waals surface area contributed by atoms with Crippen LogP contribution >= 0.6 is 11.6 Å². The molecular weight excluding hydrogens is 312 g/mol. The molecule has 0 saturated heterocycles. The molecule has 0 atom stereocenters. The molecule has 4 aromatic rings. The summed E-state index contributed by atoms with van der Waals surface area (Å²) >= 11 is 6.26. The third kappa shape index (κ3) is 2.29. The molecule has 2 aromatic carbocycles. The molecule has 4 rings (SSSR count). The average Bonchev–Trinajstić information content (AvgIpc) is 3.02. The van der Waals surface area contributed by atoms with Crippen molar-refractivity contribution in [3.8, 4) is 17.1 Å². The van der Waals surface area contributed by atoms with E-state index in [1.165, 1.54) is 0 Å². The second-order valence-electron chi connectivity index (χ2n) is 5.00. The smallest absolute Gasteiger partial charge is 0.226 e. The van der Waals surface area contributed by atoms with Crippen molar-refractivity contribution >= 4 is 28.2 Å². The number of fused-ring (bicyclic) bond motifs is 3. The zero-order valence-corrected chi connectivity index (χ0v) is 13.2. The van der Waals surface area contributed by atoms with E-state index in [2.05, 4.69) is 15.1 Å². The van der Waals surface area contributed by atoms with Crippen LogP contribution in [0.15, 0.2) is 48.5 Å². The lowest BCUT2D eigenvalue weighted by molar-refractivity contribution is 0.341. The highest BCUT2D eigenvalue weighted by molar-refractivity contribution is 6.29. The monoisotopic (exact) mass is 324 g/mol. The van der Waals surface area contributed by atoms with Crippen LogP contribution in [0, 0.1) is 0 Å². The highest BCUT2D eigenvalue weighted by Crippen LogP contribution is 2.29. The van der Waals surface area contributed by atoms with Gasteiger partial charge in [-0.05, 0) is 42.8 Å². The Labute approximate surface area is 137 Å². The van der Waals surface area contributed by atoms with Crippen LogP contribution < -0.4 is 4.74 Å². The van der Waals surface area contributed by atoms with Crippen molar-refractivity contribution in [2.24, 2.45) is 0 Å². The fourth-order valence-electron chi connectivity index (χ4n) is 2.57. The van der Waals surface area contributed by atoms with Crippen molar-refractivity contribution in [1.29, 1.82) is 0 Å². The lowest BCUT2D eigenvalue weighted by atomic mass is 10.2. The normalized spacial score (nSPS) is 11.2. The minimum Gasteiger partial charge on any atom is -0.493 e. The largest absolute Gasteiger partial charge is 0.493 e. The number of ether oxygens (including phenoxy) is 1. The summed E-state index contributed by atoms with van der Waals surface area (Å²) in [6, 6.07) is 15.4. The Hall–Kier alpha value is -2.66. The van der Waals surface area contributed by atoms with Crippen molar-refractivity contribution in [2.75, 3.05) is 6.61 Å². The van der Waals surface area contributed by atoms with Crippen LogP contribution in [-0.4, -0.2) is 26.2 Å². The van der Waals surface area contributed by atoms with Gasteiger partial charge in [-0.1, -0.05) is 24.3 Å². The van der Waals surface area contributed by atoms with Crippen molar-refractivity contribution in [1.82, 2.24) is 19.6 Å². The van der Waals surface area contributed by atoms with Gasteiger partial charge in [-0.25, -0.2) is 9.97 Å². The van der Waals surface area contributed by atoms with Crippen molar-refractivity contribution < 1.29 is 4.74 Å². The lowest BCUT2D eigenvalue weighted by Gasteiger charge is -2.06. The summed E-state index contributed by atoms with van der Waals surface area (Å²) in [7, 11) is 0. The summed E-state index contributed by atoms with van der Waals surface area (Å²) in [4.78, 5) is 9.03. The molecule has 0 aliphatic rings. The molecular formula is C17H13ClN4O. The van der Waals surface area contributed by atoms with Crippen LogP contribution in [0.5, 0.6) is 5.75 Å². The molecule has 0 aliphatic carbocycles. The molecule has 2 aromatic heterocycles. The van der Waals surface area contributed by atoms with Crippen molar-refractivity contribution in [2.45, 2.75) is 6.92 Å². The quantitative estimate of drug-likeness (QED) is 0.535. The molecule has 5 nitrogen and oxygen atoms in total. The van der Waals surface area contributed by atoms with Gasteiger partial charge >= 0.3 is 0 Å². The molecule has 114 valence electrons. The Morgan fingerprint density at radius 3 is 2.70 bits per heavy atom. The number of halogens is 1. The van der Waals surface area contributed by atoms with Gasteiger partial charge in [-0.2, -0.15) is 4.52 Å². The molecule has 6 heteroatoms. The van der Waals surface area contributed by atoms with E-state index < -0.39 is 0 Å². The second-order valence-corrected chi connectivity index (χ2v) is 5.34. The zero-order valence-electron chi connectivity index (χ0n) is 12.4. The summed E-state index contributed by atoms with van der Waals surface area (Å²) in [5.74, 6) is 1.31. The number of aromatic nitrogens is 4. The minimum absolute atomic E-state index is 0.284. The fourth-order valence-corrected chi connectivity index (χ4v) is 2.78. The minimum atomic E-state index is 0.284. The summed E-state index contributed by atoms with van der Waals surface area (Å²) in [6.07, 6.45) is 0. The fraction of sp³-hybridized carbons (Fsp3) is 0.118. The first kappa shape index (κ1) is 14.0. The van der Waals surface area contributed by atoms with E-state index in [4.69, 9.17) is 16.3 Å². The van der Waals surface area contributed by atoms with Gasteiger partial charge in [0.05, 0.1) is 17.7 Å². The van der Waals surface area contributed by atoms with Crippen molar-refractivity contribution in [3.63, 3.8) is 0 Å². The summed E-state index contributed by atoms with van der Waals surface area (Å²) < 4.78 is 7.22. The van der Waals surface area contributed by atoms with Crippen molar-refractivity contribution in [3.05, 3.63) is 53.8 Å². The van der Waals surface area contributed by atoms with E-state index in [1.807, 2.05) is 55.5 Å². The SMILES string of the molecule is CCOc1ccccc1-c1nc2c3ccccc3nc(Cl)n2n1. The van der Waals surface area contributed by atoms with Crippen LogP contribution in [0.2, 0.25) is 5.28 Å². The molecule has 2 heterocycles. The van der Waals surface area contributed by atoms with Crippen LogP contribution in [0.25, 0.3) is 27.9 Å². The Bertz CT molecular complexity index is 1010. The van der Waals surface area contributed by atoms with Gasteiger partial charge in [0.25, 0.3) is 0 Å². The average molecular weight is 325 g/mol. The summed E-state index contributed by atoms with van der Waals surface area (Å²) in [6.45, 7) is 2.53. The molecule has 0 fully saturated rings. The number of hydrogen-bond acceptors (Lipinski definition) is 4. The molecule has 23 heavy (non-hydrogen) atoms. The molecule has 0 bridgehead atoms. The number of para-hydroxylation sites is 2. The van der Waals surface area contributed by atoms with Gasteiger partial charge in [0.1, 0.15) is 5.75 Å². The van der Waals surface area contributed by atoms with Crippen LogP contribution in [0.4, 0.5) is 0 Å². The Morgan fingerprint density at radius 1 is 1.04 bits per heavy atom. The van der Waals surface area contributed by atoms with Gasteiger partial charge in [-0.15, -0.1) is 5.10 Å². The van der Waals surface area contributed by atoms with E-state index in [-0.39, 0.29) is 5.28 Å². The molecule has 0 radical (unpaired) electrons. The second kappa shape index (κ2) is 5.52. The van der Waals surface area contributed by atoms with Gasteiger partial charge in [-0.3, -0.25) is 0 Å². The van der Waals surface area contributed by atoms with E-state index in [9.17, 15) is 0 Å². The molecule has 0 unspecified atom stereocenters. The summed E-state index contributed by atoms with van der Waals surface area (Å²) in [5.41, 5.74) is 2.31.